The summed E-state index contributed by atoms with van der Waals surface area (Å²) in [6.45, 7) is -0.151. The Labute approximate surface area is 139 Å². The molecule has 2 N–H and O–H groups in total. The van der Waals surface area contributed by atoms with Crippen molar-refractivity contribution in [2.75, 3.05) is 6.54 Å². The minimum atomic E-state index is -2.83. The molecule has 0 aliphatic heterocycles. The van der Waals surface area contributed by atoms with Crippen LogP contribution in [-0.2, 0) is 0 Å². The molecule has 0 bridgehead atoms. The Balaban J connectivity index is 2.24. The van der Waals surface area contributed by atoms with Crippen molar-refractivity contribution in [2.24, 2.45) is 0 Å². The largest absolute Gasteiger partial charge is 0.435 e. The van der Waals surface area contributed by atoms with Crippen molar-refractivity contribution in [3.8, 4) is 5.75 Å². The normalized spacial score (nSPS) is 11.8. The molecule has 0 fully saturated rings. The number of alkyl halides is 2. The Morgan fingerprint density at radius 1 is 1.04 bits per heavy atom. The summed E-state index contributed by atoms with van der Waals surface area (Å²) >= 11 is 5.27. The van der Waals surface area contributed by atoms with E-state index >= 15 is 0 Å². The van der Waals surface area contributed by atoms with Gasteiger partial charge < -0.3 is 15.4 Å². The Kier molecular flexibility index (Phi) is 6.29. The highest BCUT2D eigenvalue weighted by molar-refractivity contribution is 7.80. The van der Waals surface area contributed by atoms with Crippen LogP contribution in [0.4, 0.5) is 8.78 Å². The lowest BCUT2D eigenvalue weighted by atomic mass is 9.99. The van der Waals surface area contributed by atoms with Crippen molar-refractivity contribution in [1.82, 2.24) is 10.6 Å². The van der Waals surface area contributed by atoms with Crippen molar-refractivity contribution in [3.63, 3.8) is 0 Å². The Morgan fingerprint density at radius 2 is 1.65 bits per heavy atom. The van der Waals surface area contributed by atoms with Gasteiger partial charge in [-0.25, -0.2) is 0 Å². The van der Waals surface area contributed by atoms with Gasteiger partial charge in [-0.15, -0.1) is 0 Å². The van der Waals surface area contributed by atoms with Crippen LogP contribution in [0.15, 0.2) is 54.6 Å². The molecule has 0 saturated carbocycles. The number of rotatable bonds is 6. The van der Waals surface area contributed by atoms with Crippen LogP contribution in [-0.4, -0.2) is 18.3 Å². The molecule has 0 aliphatic rings. The maximum absolute atomic E-state index is 12.2. The summed E-state index contributed by atoms with van der Waals surface area (Å²) < 4.78 is 28.9. The van der Waals surface area contributed by atoms with E-state index in [2.05, 4.69) is 15.4 Å². The molecule has 6 heteroatoms. The van der Waals surface area contributed by atoms with Crippen LogP contribution in [0.25, 0.3) is 0 Å². The highest BCUT2D eigenvalue weighted by Crippen LogP contribution is 2.24. The van der Waals surface area contributed by atoms with Gasteiger partial charge >= 0.3 is 6.61 Å². The molecule has 0 amide bonds. The predicted octanol–water partition coefficient (Wildman–Crippen LogP) is 3.86. The Bertz CT molecular complexity index is 620. The lowest BCUT2D eigenvalue weighted by Gasteiger charge is -2.22. The van der Waals surface area contributed by atoms with Crippen molar-refractivity contribution in [3.05, 3.63) is 65.7 Å². The molecule has 0 heterocycles. The number of hydrogen-bond acceptors (Lipinski definition) is 2. The summed E-state index contributed by atoms with van der Waals surface area (Å²) in [5.41, 5.74) is 1.92. The minimum absolute atomic E-state index is 0.129. The second-order valence-electron chi connectivity index (χ2n) is 4.80. The highest BCUT2D eigenvalue weighted by Gasteiger charge is 2.15. The third-order valence-corrected chi connectivity index (χ3v) is 3.45. The van der Waals surface area contributed by atoms with Gasteiger partial charge in [0.1, 0.15) is 5.75 Å². The first-order chi connectivity index (χ1) is 11.1. The second-order valence-corrected chi connectivity index (χ2v) is 5.20. The smallest absolute Gasteiger partial charge is 0.387 e. The third-order valence-electron chi connectivity index (χ3n) is 3.18. The van der Waals surface area contributed by atoms with Gasteiger partial charge in [0.15, 0.2) is 5.11 Å². The topological polar surface area (TPSA) is 33.3 Å². The van der Waals surface area contributed by atoms with Crippen molar-refractivity contribution < 1.29 is 13.5 Å². The summed E-state index contributed by atoms with van der Waals surface area (Å²) in [6, 6.07) is 16.1. The van der Waals surface area contributed by atoms with Crippen LogP contribution >= 0.6 is 12.2 Å². The fourth-order valence-corrected chi connectivity index (χ4v) is 2.45. The van der Waals surface area contributed by atoms with Crippen LogP contribution in [0.5, 0.6) is 5.75 Å². The molecule has 2 rings (SSSR count). The molecule has 0 radical (unpaired) electrons. The van der Waals surface area contributed by atoms with E-state index in [0.29, 0.717) is 11.7 Å². The molecule has 0 saturated heterocycles. The summed E-state index contributed by atoms with van der Waals surface area (Å²) in [6.07, 6.45) is 0. The van der Waals surface area contributed by atoms with E-state index in [0.717, 1.165) is 11.1 Å². The SMILES string of the molecule is CCNC(=S)N[C@@H](c1ccccc1)c1ccc(OC(F)F)cc1. The molecule has 3 nitrogen and oxygen atoms in total. The Hall–Kier alpha value is -2.21. The number of hydrogen-bond donors (Lipinski definition) is 2. The summed E-state index contributed by atoms with van der Waals surface area (Å²) in [4.78, 5) is 0. The molecule has 2 aromatic rings. The van der Waals surface area contributed by atoms with Gasteiger partial charge in [-0.1, -0.05) is 42.5 Å². The first-order valence-corrected chi connectivity index (χ1v) is 7.65. The standard InChI is InChI=1S/C17H18F2N2OS/c1-2-20-17(23)21-15(12-6-4-3-5-7-12)13-8-10-14(11-9-13)22-16(18)19/h3-11,15-16H,2H2,1H3,(H2,20,21,23)/t15-/m0/s1. The number of ether oxygens (including phenoxy) is 1. The lowest BCUT2D eigenvalue weighted by Crippen LogP contribution is -2.37. The number of thiocarbonyl (C=S) groups is 1. The van der Waals surface area contributed by atoms with Crippen LogP contribution in [0.2, 0.25) is 0 Å². The first-order valence-electron chi connectivity index (χ1n) is 7.24. The van der Waals surface area contributed by atoms with Gasteiger partial charge in [0, 0.05) is 6.54 Å². The molecule has 0 spiro atoms. The van der Waals surface area contributed by atoms with Crippen LogP contribution < -0.4 is 15.4 Å². The average molecular weight is 336 g/mol. The van der Waals surface area contributed by atoms with Crippen LogP contribution in [0, 0.1) is 0 Å². The minimum Gasteiger partial charge on any atom is -0.435 e. The van der Waals surface area contributed by atoms with E-state index in [-0.39, 0.29) is 11.8 Å². The van der Waals surface area contributed by atoms with Gasteiger partial charge in [-0.2, -0.15) is 8.78 Å². The number of benzene rings is 2. The quantitative estimate of drug-likeness (QED) is 0.785. The van der Waals surface area contributed by atoms with E-state index in [4.69, 9.17) is 12.2 Å². The van der Waals surface area contributed by atoms with Crippen LogP contribution in [0.3, 0.4) is 0 Å². The van der Waals surface area contributed by atoms with Crippen molar-refractivity contribution in [2.45, 2.75) is 19.6 Å². The molecule has 0 unspecified atom stereocenters. The molecular formula is C17H18F2N2OS. The molecule has 2 aromatic carbocycles. The molecular weight excluding hydrogens is 318 g/mol. The summed E-state index contributed by atoms with van der Waals surface area (Å²) in [7, 11) is 0. The van der Waals surface area contributed by atoms with E-state index in [1.807, 2.05) is 37.3 Å². The molecule has 0 aromatic heterocycles. The Morgan fingerprint density at radius 3 is 2.22 bits per heavy atom. The zero-order valence-corrected chi connectivity index (χ0v) is 13.4. The zero-order valence-electron chi connectivity index (χ0n) is 12.6. The fraction of sp³-hybridized carbons (Fsp3) is 0.235. The molecule has 23 heavy (non-hydrogen) atoms. The maximum atomic E-state index is 12.2. The maximum Gasteiger partial charge on any atom is 0.387 e. The van der Waals surface area contributed by atoms with Gasteiger partial charge in [-0.3, -0.25) is 0 Å². The highest BCUT2D eigenvalue weighted by atomic mass is 32.1. The number of nitrogens with one attached hydrogen (secondary N) is 2. The van der Waals surface area contributed by atoms with Crippen molar-refractivity contribution >= 4 is 17.3 Å². The molecule has 0 aliphatic carbocycles. The van der Waals surface area contributed by atoms with E-state index in [1.165, 1.54) is 12.1 Å². The predicted molar refractivity (Wildman–Crippen MR) is 90.8 cm³/mol. The van der Waals surface area contributed by atoms with Gasteiger partial charge in [-0.05, 0) is 42.4 Å². The molecule has 1 atom stereocenters. The van der Waals surface area contributed by atoms with Crippen LogP contribution in [0.1, 0.15) is 24.1 Å². The van der Waals surface area contributed by atoms with Gasteiger partial charge in [0.2, 0.25) is 0 Å². The van der Waals surface area contributed by atoms with Gasteiger partial charge in [0.05, 0.1) is 6.04 Å². The van der Waals surface area contributed by atoms with E-state index in [9.17, 15) is 8.78 Å². The monoisotopic (exact) mass is 336 g/mol. The second kappa shape index (κ2) is 8.43. The third kappa shape index (κ3) is 5.17. The fourth-order valence-electron chi connectivity index (χ4n) is 2.19. The van der Waals surface area contributed by atoms with E-state index < -0.39 is 6.61 Å². The molecule has 122 valence electrons. The number of halogens is 2. The first kappa shape index (κ1) is 17.1. The van der Waals surface area contributed by atoms with E-state index in [1.54, 1.807) is 12.1 Å². The average Bonchev–Trinajstić information content (AvgIpc) is 2.54. The lowest BCUT2D eigenvalue weighted by molar-refractivity contribution is -0.0498. The van der Waals surface area contributed by atoms with Crippen molar-refractivity contribution in [1.29, 1.82) is 0 Å². The summed E-state index contributed by atoms with van der Waals surface area (Å²) in [5, 5.41) is 6.83. The summed E-state index contributed by atoms with van der Waals surface area (Å²) in [5.74, 6) is 0.129. The zero-order chi connectivity index (χ0) is 16.7. The van der Waals surface area contributed by atoms with Gasteiger partial charge in [0.25, 0.3) is 0 Å².